The first-order valence-electron chi connectivity index (χ1n) is 8.25. The maximum atomic E-state index is 13.6. The standard InChI is InChI=1S/C19H21FN2OS/c20-15-8-2-5-11-18(15)24-14-19(23)21-16-9-3-4-10-17(16)22-12-6-1-7-13-22/h2-5,8-11H,1,6-7,12-14H2,(H,21,23). The predicted molar refractivity (Wildman–Crippen MR) is 98.3 cm³/mol. The molecule has 0 spiro atoms. The highest BCUT2D eigenvalue weighted by molar-refractivity contribution is 8.00. The lowest BCUT2D eigenvalue weighted by molar-refractivity contribution is -0.113. The zero-order valence-corrected chi connectivity index (χ0v) is 14.3. The largest absolute Gasteiger partial charge is 0.370 e. The fourth-order valence-electron chi connectivity index (χ4n) is 2.88. The van der Waals surface area contributed by atoms with Crippen molar-refractivity contribution in [2.75, 3.05) is 29.1 Å². The van der Waals surface area contributed by atoms with Gasteiger partial charge in [-0.05, 0) is 43.5 Å². The first-order valence-corrected chi connectivity index (χ1v) is 9.24. The van der Waals surface area contributed by atoms with E-state index in [1.165, 1.54) is 37.1 Å². The number of halogens is 1. The fraction of sp³-hybridized carbons (Fsp3) is 0.316. The predicted octanol–water partition coefficient (Wildman–Crippen LogP) is 4.55. The van der Waals surface area contributed by atoms with Crippen LogP contribution >= 0.6 is 11.8 Å². The van der Waals surface area contributed by atoms with Crippen molar-refractivity contribution in [1.82, 2.24) is 0 Å². The van der Waals surface area contributed by atoms with Crippen molar-refractivity contribution in [3.8, 4) is 0 Å². The van der Waals surface area contributed by atoms with E-state index in [2.05, 4.69) is 10.2 Å². The molecule has 1 aliphatic rings. The summed E-state index contributed by atoms with van der Waals surface area (Å²) < 4.78 is 13.6. The number of hydrogen-bond acceptors (Lipinski definition) is 3. The van der Waals surface area contributed by atoms with Gasteiger partial charge in [0.2, 0.25) is 5.91 Å². The molecule has 0 unspecified atom stereocenters. The Morgan fingerprint density at radius 1 is 1.04 bits per heavy atom. The smallest absolute Gasteiger partial charge is 0.234 e. The Morgan fingerprint density at radius 2 is 1.75 bits per heavy atom. The third-order valence-electron chi connectivity index (χ3n) is 4.07. The van der Waals surface area contributed by atoms with Gasteiger partial charge in [0, 0.05) is 18.0 Å². The number of carbonyl (C=O) groups excluding carboxylic acids is 1. The van der Waals surface area contributed by atoms with E-state index in [-0.39, 0.29) is 17.5 Å². The van der Waals surface area contributed by atoms with E-state index in [9.17, 15) is 9.18 Å². The molecule has 24 heavy (non-hydrogen) atoms. The lowest BCUT2D eigenvalue weighted by Gasteiger charge is -2.30. The molecule has 0 aliphatic carbocycles. The molecule has 1 amide bonds. The molecule has 0 radical (unpaired) electrons. The van der Waals surface area contributed by atoms with Gasteiger partial charge in [-0.25, -0.2) is 4.39 Å². The van der Waals surface area contributed by atoms with Gasteiger partial charge < -0.3 is 10.2 Å². The number of rotatable bonds is 5. The van der Waals surface area contributed by atoms with Crippen LogP contribution in [0.5, 0.6) is 0 Å². The Labute approximate surface area is 146 Å². The van der Waals surface area contributed by atoms with Crippen LogP contribution in [0.3, 0.4) is 0 Å². The number of nitrogens with one attached hydrogen (secondary N) is 1. The van der Waals surface area contributed by atoms with Gasteiger partial charge in [-0.3, -0.25) is 4.79 Å². The number of nitrogens with zero attached hydrogens (tertiary/aromatic N) is 1. The second-order valence-corrected chi connectivity index (χ2v) is 6.85. The molecule has 1 N–H and O–H groups in total. The lowest BCUT2D eigenvalue weighted by Crippen LogP contribution is -2.30. The molecule has 3 nitrogen and oxygen atoms in total. The highest BCUT2D eigenvalue weighted by atomic mass is 32.2. The number of carbonyl (C=O) groups is 1. The van der Waals surface area contributed by atoms with Crippen molar-refractivity contribution < 1.29 is 9.18 Å². The molecule has 0 aromatic heterocycles. The van der Waals surface area contributed by atoms with Crippen LogP contribution in [0.1, 0.15) is 19.3 Å². The normalized spacial score (nSPS) is 14.5. The van der Waals surface area contributed by atoms with E-state index in [0.717, 1.165) is 24.5 Å². The molecule has 0 saturated carbocycles. The molecule has 1 heterocycles. The third-order valence-corrected chi connectivity index (χ3v) is 5.12. The number of piperidine rings is 1. The van der Waals surface area contributed by atoms with Crippen LogP contribution in [0, 0.1) is 5.82 Å². The maximum absolute atomic E-state index is 13.6. The minimum absolute atomic E-state index is 0.118. The Kier molecular flexibility index (Phi) is 5.75. The number of hydrogen-bond donors (Lipinski definition) is 1. The van der Waals surface area contributed by atoms with Crippen LogP contribution < -0.4 is 10.2 Å². The number of para-hydroxylation sites is 2. The topological polar surface area (TPSA) is 32.3 Å². The average molecular weight is 344 g/mol. The van der Waals surface area contributed by atoms with Crippen molar-refractivity contribution >= 4 is 29.0 Å². The number of anilines is 2. The highest BCUT2D eigenvalue weighted by Gasteiger charge is 2.15. The summed E-state index contributed by atoms with van der Waals surface area (Å²) in [6.07, 6.45) is 3.64. The van der Waals surface area contributed by atoms with Crippen LogP contribution in [0.4, 0.5) is 15.8 Å². The summed E-state index contributed by atoms with van der Waals surface area (Å²) in [7, 11) is 0. The Balaban J connectivity index is 1.63. The summed E-state index contributed by atoms with van der Waals surface area (Å²) in [6, 6.07) is 14.4. The maximum Gasteiger partial charge on any atom is 0.234 e. The summed E-state index contributed by atoms with van der Waals surface area (Å²) in [4.78, 5) is 15.1. The summed E-state index contributed by atoms with van der Waals surface area (Å²) >= 11 is 1.22. The van der Waals surface area contributed by atoms with E-state index in [1.807, 2.05) is 24.3 Å². The number of amides is 1. The first kappa shape index (κ1) is 16.8. The van der Waals surface area contributed by atoms with Gasteiger partial charge in [-0.15, -0.1) is 11.8 Å². The molecule has 2 aromatic rings. The molecule has 2 aromatic carbocycles. The average Bonchev–Trinajstić information content (AvgIpc) is 2.62. The Hall–Kier alpha value is -2.01. The molecular formula is C19H21FN2OS. The second kappa shape index (κ2) is 8.20. The summed E-state index contributed by atoms with van der Waals surface area (Å²) in [5.74, 6) is -0.216. The molecular weight excluding hydrogens is 323 g/mol. The molecule has 1 saturated heterocycles. The van der Waals surface area contributed by atoms with E-state index in [1.54, 1.807) is 18.2 Å². The molecule has 5 heteroatoms. The molecule has 3 rings (SSSR count). The monoisotopic (exact) mass is 344 g/mol. The third kappa shape index (κ3) is 4.29. The van der Waals surface area contributed by atoms with Crippen LogP contribution in [0.2, 0.25) is 0 Å². The van der Waals surface area contributed by atoms with Crippen molar-refractivity contribution in [3.63, 3.8) is 0 Å². The van der Waals surface area contributed by atoms with Gasteiger partial charge in [-0.2, -0.15) is 0 Å². The molecule has 126 valence electrons. The van der Waals surface area contributed by atoms with Crippen molar-refractivity contribution in [1.29, 1.82) is 0 Å². The van der Waals surface area contributed by atoms with Gasteiger partial charge in [-0.1, -0.05) is 24.3 Å². The molecule has 0 bridgehead atoms. The minimum atomic E-state index is -0.288. The molecule has 0 atom stereocenters. The number of benzene rings is 2. The van der Waals surface area contributed by atoms with Gasteiger partial charge in [0.25, 0.3) is 0 Å². The zero-order chi connectivity index (χ0) is 16.8. The summed E-state index contributed by atoms with van der Waals surface area (Å²) in [5.41, 5.74) is 1.90. The van der Waals surface area contributed by atoms with Crippen molar-refractivity contribution in [2.45, 2.75) is 24.2 Å². The first-order chi connectivity index (χ1) is 11.7. The summed E-state index contributed by atoms with van der Waals surface area (Å²) in [6.45, 7) is 2.05. The van der Waals surface area contributed by atoms with E-state index in [0.29, 0.717) is 4.90 Å². The van der Waals surface area contributed by atoms with Crippen molar-refractivity contribution in [3.05, 3.63) is 54.3 Å². The van der Waals surface area contributed by atoms with Gasteiger partial charge in [0.1, 0.15) is 5.82 Å². The van der Waals surface area contributed by atoms with E-state index in [4.69, 9.17) is 0 Å². The second-order valence-electron chi connectivity index (χ2n) is 5.83. The summed E-state index contributed by atoms with van der Waals surface area (Å²) in [5, 5.41) is 2.97. The van der Waals surface area contributed by atoms with Gasteiger partial charge in [0.15, 0.2) is 0 Å². The SMILES string of the molecule is O=C(CSc1ccccc1F)Nc1ccccc1N1CCCCC1. The quantitative estimate of drug-likeness (QED) is 0.808. The van der Waals surface area contributed by atoms with Crippen LogP contribution in [0.25, 0.3) is 0 Å². The number of thioether (sulfide) groups is 1. The Bertz CT molecular complexity index is 701. The van der Waals surface area contributed by atoms with Gasteiger partial charge in [0.05, 0.1) is 17.1 Å². The van der Waals surface area contributed by atoms with Crippen molar-refractivity contribution in [2.24, 2.45) is 0 Å². The van der Waals surface area contributed by atoms with Crippen LogP contribution in [0.15, 0.2) is 53.4 Å². The highest BCUT2D eigenvalue weighted by Crippen LogP contribution is 2.29. The fourth-order valence-corrected chi connectivity index (χ4v) is 3.62. The molecule has 1 aliphatic heterocycles. The van der Waals surface area contributed by atoms with E-state index >= 15 is 0 Å². The van der Waals surface area contributed by atoms with Gasteiger partial charge >= 0.3 is 0 Å². The van der Waals surface area contributed by atoms with Crippen LogP contribution in [-0.4, -0.2) is 24.7 Å². The zero-order valence-electron chi connectivity index (χ0n) is 13.5. The Morgan fingerprint density at radius 3 is 2.54 bits per heavy atom. The molecule has 1 fully saturated rings. The minimum Gasteiger partial charge on any atom is -0.370 e. The lowest BCUT2D eigenvalue weighted by atomic mass is 10.1. The van der Waals surface area contributed by atoms with Crippen LogP contribution in [-0.2, 0) is 4.79 Å². The van der Waals surface area contributed by atoms with E-state index < -0.39 is 0 Å².